The average molecular weight is 614 g/mol. The molecule has 1 saturated heterocycles. The van der Waals surface area contributed by atoms with Crippen molar-refractivity contribution in [3.8, 4) is 0 Å². The smallest absolute Gasteiger partial charge is 0.390 e. The number of halogens is 4. The molecule has 1 aliphatic heterocycles. The molecular weight excluding hydrogens is 574 g/mol. The van der Waals surface area contributed by atoms with Gasteiger partial charge in [0, 0.05) is 25.0 Å². The topological polar surface area (TPSA) is 81.7 Å². The number of nitrogens with one attached hydrogen (secondary N) is 2. The molecule has 0 unspecified atom stereocenters. The van der Waals surface area contributed by atoms with Gasteiger partial charge in [0.05, 0.1) is 29.0 Å². The van der Waals surface area contributed by atoms with Gasteiger partial charge in [0.15, 0.2) is 5.82 Å². The molecule has 0 aromatic heterocycles. The molecule has 4 rings (SSSR count). The Morgan fingerprint density at radius 2 is 1.70 bits per heavy atom. The van der Waals surface area contributed by atoms with Gasteiger partial charge in [-0.15, -0.1) is 0 Å². The number of amides is 2. The van der Waals surface area contributed by atoms with Gasteiger partial charge in [-0.1, -0.05) is 55.8 Å². The van der Waals surface area contributed by atoms with E-state index in [1.165, 1.54) is 17.0 Å². The minimum atomic E-state index is -4.50. The van der Waals surface area contributed by atoms with Crippen LogP contribution in [0.25, 0.3) is 0 Å². The van der Waals surface area contributed by atoms with Crippen molar-refractivity contribution in [3.63, 3.8) is 0 Å². The maximum atomic E-state index is 15.8. The zero-order valence-electron chi connectivity index (χ0n) is 25.2. The number of aliphatic hydroxyl groups is 1. The number of nitrogens with zero attached hydrogens (tertiary/aromatic N) is 1. The van der Waals surface area contributed by atoms with Crippen LogP contribution in [0.2, 0.25) is 0 Å². The molecule has 0 saturated carbocycles. The summed E-state index contributed by atoms with van der Waals surface area (Å²) in [6.45, 7) is 5.66. The Hall–Kier alpha value is -3.76. The van der Waals surface area contributed by atoms with Gasteiger partial charge in [0.25, 0.3) is 5.91 Å². The van der Waals surface area contributed by atoms with Crippen LogP contribution >= 0.6 is 0 Å². The Labute approximate surface area is 255 Å². The monoisotopic (exact) mass is 613 g/mol. The molecule has 3 N–H and O–H groups in total. The van der Waals surface area contributed by atoms with Crippen molar-refractivity contribution in [1.82, 2.24) is 10.6 Å². The third kappa shape index (κ3) is 8.04. The summed E-state index contributed by atoms with van der Waals surface area (Å²) in [6, 6.07) is 16.4. The highest BCUT2D eigenvalue weighted by Gasteiger charge is 2.33. The number of hydrogen-bond acceptors (Lipinski definition) is 4. The van der Waals surface area contributed by atoms with Crippen LogP contribution in [-0.4, -0.2) is 42.2 Å². The first kappa shape index (κ1) is 33.1. The summed E-state index contributed by atoms with van der Waals surface area (Å²) >= 11 is 0. The van der Waals surface area contributed by atoms with Crippen molar-refractivity contribution in [2.24, 2.45) is 0 Å². The fourth-order valence-corrected chi connectivity index (χ4v) is 5.45. The third-order valence-electron chi connectivity index (χ3n) is 8.00. The number of aliphatic hydroxyl groups excluding tert-OH is 1. The summed E-state index contributed by atoms with van der Waals surface area (Å²) in [5.41, 5.74) is 0.0442. The van der Waals surface area contributed by atoms with E-state index in [0.717, 1.165) is 29.7 Å². The van der Waals surface area contributed by atoms with E-state index in [0.29, 0.717) is 31.4 Å². The van der Waals surface area contributed by atoms with Gasteiger partial charge >= 0.3 is 6.18 Å². The Balaban J connectivity index is 1.58. The minimum Gasteiger partial charge on any atom is -0.390 e. The largest absolute Gasteiger partial charge is 0.416 e. The summed E-state index contributed by atoms with van der Waals surface area (Å²) in [4.78, 5) is 27.4. The van der Waals surface area contributed by atoms with Crippen molar-refractivity contribution in [3.05, 3.63) is 100 Å². The molecule has 3 aromatic rings. The molecular formula is C34H39F4N3O3. The minimum absolute atomic E-state index is 0.0765. The first-order valence-electron chi connectivity index (χ1n) is 14.9. The number of aryl methyl sites for hydroxylation is 1. The van der Waals surface area contributed by atoms with E-state index >= 15 is 4.39 Å². The fourth-order valence-electron chi connectivity index (χ4n) is 5.45. The van der Waals surface area contributed by atoms with Crippen LogP contribution in [0.4, 0.5) is 23.2 Å². The highest BCUT2D eigenvalue weighted by molar-refractivity contribution is 6.00. The van der Waals surface area contributed by atoms with Crippen LogP contribution in [0.15, 0.2) is 66.7 Å². The summed E-state index contributed by atoms with van der Waals surface area (Å²) in [6.07, 6.45) is -3.22. The second-order valence-electron chi connectivity index (χ2n) is 11.8. The van der Waals surface area contributed by atoms with Crippen LogP contribution in [-0.2, 0) is 29.4 Å². The summed E-state index contributed by atoms with van der Waals surface area (Å²) in [5.74, 6) is -1.73. The molecule has 1 heterocycles. The normalized spacial score (nSPS) is 15.4. The van der Waals surface area contributed by atoms with Gasteiger partial charge in [-0.25, -0.2) is 4.39 Å². The number of alkyl halides is 3. The molecule has 3 aromatic carbocycles. The van der Waals surface area contributed by atoms with E-state index in [1.807, 2.05) is 37.3 Å². The van der Waals surface area contributed by atoms with Crippen LogP contribution in [0.1, 0.15) is 72.6 Å². The van der Waals surface area contributed by atoms with Crippen molar-refractivity contribution in [2.75, 3.05) is 18.0 Å². The molecule has 0 bridgehead atoms. The van der Waals surface area contributed by atoms with Crippen molar-refractivity contribution >= 4 is 17.5 Å². The number of hydrogen-bond donors (Lipinski definition) is 3. The summed E-state index contributed by atoms with van der Waals surface area (Å²) in [5, 5.41) is 17.3. The molecule has 0 aliphatic carbocycles. The average Bonchev–Trinajstić information content (AvgIpc) is 3.42. The van der Waals surface area contributed by atoms with Gasteiger partial charge in [-0.2, -0.15) is 13.2 Å². The number of benzene rings is 3. The maximum Gasteiger partial charge on any atom is 0.416 e. The highest BCUT2D eigenvalue weighted by atomic mass is 19.4. The lowest BCUT2D eigenvalue weighted by molar-refractivity contribution is -0.137. The predicted octanol–water partition coefficient (Wildman–Crippen LogP) is 6.15. The predicted molar refractivity (Wildman–Crippen MR) is 162 cm³/mol. The Morgan fingerprint density at radius 3 is 2.34 bits per heavy atom. The standard InChI is InChI=1S/C34H39F4N3O3/c1-4-10-23-17-26(31(35)28(19-23)41-16-9-15-30(41)43)32(44)40-27(18-22-11-6-5-7-12-22)29(42)21-39-33(2,3)24-13-8-14-25(20-24)34(36,37)38/h5-8,11-14,17,19-20,27,29,39,42H,4,9-10,15-16,18,21H2,1-3H3,(H,40,44)/t27-,29+/m0/s1. The van der Waals surface area contributed by atoms with Crippen molar-refractivity contribution in [2.45, 2.75) is 76.7 Å². The quantitative estimate of drug-likeness (QED) is 0.214. The second kappa shape index (κ2) is 13.9. The lowest BCUT2D eigenvalue weighted by Gasteiger charge is -2.32. The number of carbonyl (C=O) groups is 2. The molecule has 1 aliphatic rings. The highest BCUT2D eigenvalue weighted by Crippen LogP contribution is 2.32. The Bertz CT molecular complexity index is 1460. The van der Waals surface area contributed by atoms with E-state index in [-0.39, 0.29) is 30.1 Å². The lowest BCUT2D eigenvalue weighted by Crippen LogP contribution is -2.51. The summed E-state index contributed by atoms with van der Waals surface area (Å²) in [7, 11) is 0. The van der Waals surface area contributed by atoms with E-state index in [2.05, 4.69) is 10.6 Å². The number of anilines is 1. The van der Waals surface area contributed by atoms with E-state index in [4.69, 9.17) is 0 Å². The molecule has 44 heavy (non-hydrogen) atoms. The zero-order chi connectivity index (χ0) is 32.1. The maximum absolute atomic E-state index is 15.8. The van der Waals surface area contributed by atoms with E-state index in [9.17, 15) is 27.9 Å². The fraction of sp³-hybridized carbons (Fsp3) is 0.412. The van der Waals surface area contributed by atoms with Gasteiger partial charge in [-0.05, 0) is 74.1 Å². The molecule has 2 atom stereocenters. The van der Waals surface area contributed by atoms with Crippen LogP contribution < -0.4 is 15.5 Å². The third-order valence-corrected chi connectivity index (χ3v) is 8.00. The van der Waals surface area contributed by atoms with Crippen LogP contribution in [0, 0.1) is 5.82 Å². The first-order chi connectivity index (χ1) is 20.8. The van der Waals surface area contributed by atoms with Gasteiger partial charge in [-0.3, -0.25) is 9.59 Å². The molecule has 2 amide bonds. The SMILES string of the molecule is CCCc1cc(C(=O)N[C@@H](Cc2ccccc2)[C@H](O)CNC(C)(C)c2cccc(C(F)(F)F)c2)c(F)c(N2CCCC2=O)c1. The van der Waals surface area contributed by atoms with E-state index < -0.39 is 41.1 Å². The van der Waals surface area contributed by atoms with Gasteiger partial charge < -0.3 is 20.6 Å². The molecule has 1 fully saturated rings. The zero-order valence-corrected chi connectivity index (χ0v) is 25.2. The first-order valence-corrected chi connectivity index (χ1v) is 14.9. The van der Waals surface area contributed by atoms with Gasteiger partial charge in [0.1, 0.15) is 0 Å². The van der Waals surface area contributed by atoms with Crippen LogP contribution in [0.3, 0.4) is 0 Å². The Kier molecular flexibility index (Phi) is 10.5. The molecule has 10 heteroatoms. The lowest BCUT2D eigenvalue weighted by atomic mass is 9.92. The number of rotatable bonds is 12. The Morgan fingerprint density at radius 1 is 1.00 bits per heavy atom. The summed E-state index contributed by atoms with van der Waals surface area (Å²) < 4.78 is 55.8. The molecule has 0 spiro atoms. The molecule has 6 nitrogen and oxygen atoms in total. The van der Waals surface area contributed by atoms with Crippen molar-refractivity contribution in [1.29, 1.82) is 0 Å². The molecule has 0 radical (unpaired) electrons. The van der Waals surface area contributed by atoms with E-state index in [1.54, 1.807) is 26.0 Å². The molecule has 236 valence electrons. The van der Waals surface area contributed by atoms with Gasteiger partial charge in [0.2, 0.25) is 5.91 Å². The van der Waals surface area contributed by atoms with Crippen LogP contribution in [0.5, 0.6) is 0 Å². The second-order valence-corrected chi connectivity index (χ2v) is 11.8. The number of carbonyl (C=O) groups excluding carboxylic acids is 2. The van der Waals surface area contributed by atoms with Crippen molar-refractivity contribution < 1.29 is 32.3 Å².